The van der Waals surface area contributed by atoms with Crippen LogP contribution in [0.25, 0.3) is 32.2 Å². The van der Waals surface area contributed by atoms with Crippen LogP contribution in [0.4, 0.5) is 17.1 Å². The van der Waals surface area contributed by atoms with Gasteiger partial charge < -0.3 is 5.32 Å². The number of nitro groups is 1. The molecule has 0 saturated heterocycles. The smallest absolute Gasteiger partial charge is 0.269 e. The topological polar surface area (TPSA) is 81.0 Å². The molecule has 0 radical (unpaired) electrons. The molecule has 2 aromatic carbocycles. The van der Waals surface area contributed by atoms with Gasteiger partial charge in [0.25, 0.3) is 5.69 Å². The Kier molecular flexibility index (Phi) is 4.70. The Hall–Kier alpha value is -3.62. The van der Waals surface area contributed by atoms with Crippen LogP contribution in [0.1, 0.15) is 0 Å². The molecule has 0 spiro atoms. The first kappa shape index (κ1) is 18.4. The Morgan fingerprint density at radius 1 is 0.800 bits per heavy atom. The highest BCUT2D eigenvalue weighted by Gasteiger charge is 2.16. The predicted octanol–water partition coefficient (Wildman–Crippen LogP) is 6.74. The van der Waals surface area contributed by atoms with Crippen LogP contribution in [0, 0.1) is 10.1 Å². The van der Waals surface area contributed by atoms with E-state index in [1.54, 1.807) is 34.8 Å². The van der Waals surface area contributed by atoms with Crippen molar-refractivity contribution in [3.8, 4) is 21.1 Å². The summed E-state index contributed by atoms with van der Waals surface area (Å²) >= 11 is 3.27. The van der Waals surface area contributed by atoms with Crippen LogP contribution >= 0.6 is 22.7 Å². The molecule has 0 aliphatic rings. The molecule has 146 valence electrons. The Morgan fingerprint density at radius 3 is 2.07 bits per heavy atom. The lowest BCUT2D eigenvalue weighted by Gasteiger charge is -2.12. The maximum Gasteiger partial charge on any atom is 0.269 e. The monoisotopic (exact) mass is 430 g/mol. The molecule has 5 rings (SSSR count). The number of aromatic nitrogens is 2. The van der Waals surface area contributed by atoms with Crippen LogP contribution in [0.5, 0.6) is 0 Å². The summed E-state index contributed by atoms with van der Waals surface area (Å²) in [6.07, 6.45) is 0. The molecule has 1 N–H and O–H groups in total. The number of nitrogens with zero attached hydrogens (tertiary/aromatic N) is 3. The summed E-state index contributed by atoms with van der Waals surface area (Å²) in [6, 6.07) is 20.2. The minimum absolute atomic E-state index is 0.0545. The lowest BCUT2D eigenvalue weighted by Crippen LogP contribution is -1.98. The fraction of sp³-hybridized carbons (Fsp3) is 0. The average Bonchev–Trinajstić information content (AvgIpc) is 3.48. The number of nitro benzene ring substituents is 1. The Balaban J connectivity index is 1.63. The van der Waals surface area contributed by atoms with Crippen LogP contribution in [-0.4, -0.2) is 14.9 Å². The van der Waals surface area contributed by atoms with Crippen LogP contribution in [0.2, 0.25) is 0 Å². The first-order valence-corrected chi connectivity index (χ1v) is 10.8. The predicted molar refractivity (Wildman–Crippen MR) is 123 cm³/mol. The molecular formula is C22H14N4O2S2. The third kappa shape index (κ3) is 3.42. The van der Waals surface area contributed by atoms with E-state index < -0.39 is 4.92 Å². The van der Waals surface area contributed by atoms with Crippen LogP contribution in [0.15, 0.2) is 77.5 Å². The van der Waals surface area contributed by atoms with Crippen molar-refractivity contribution in [2.24, 2.45) is 0 Å². The number of rotatable bonds is 5. The normalized spacial score (nSPS) is 10.9. The van der Waals surface area contributed by atoms with E-state index in [-0.39, 0.29) is 5.69 Å². The van der Waals surface area contributed by atoms with E-state index in [2.05, 4.69) is 11.4 Å². The average molecular weight is 431 g/mol. The van der Waals surface area contributed by atoms with Crippen molar-refractivity contribution in [3.05, 3.63) is 87.6 Å². The molecule has 0 aliphatic carbocycles. The quantitative estimate of drug-likeness (QED) is 0.247. The zero-order valence-corrected chi connectivity index (χ0v) is 17.1. The van der Waals surface area contributed by atoms with E-state index in [0.717, 1.165) is 43.6 Å². The summed E-state index contributed by atoms with van der Waals surface area (Å²) in [5.41, 5.74) is 4.84. The van der Waals surface area contributed by atoms with Crippen molar-refractivity contribution in [1.29, 1.82) is 0 Å². The number of benzene rings is 2. The number of thiophene rings is 2. The van der Waals surface area contributed by atoms with Crippen LogP contribution < -0.4 is 5.32 Å². The zero-order chi connectivity index (χ0) is 20.5. The fourth-order valence-corrected chi connectivity index (χ4v) is 4.60. The van der Waals surface area contributed by atoms with Gasteiger partial charge in [0.15, 0.2) is 0 Å². The largest absolute Gasteiger partial charge is 0.354 e. The lowest BCUT2D eigenvalue weighted by atomic mass is 10.1. The van der Waals surface area contributed by atoms with Crippen molar-refractivity contribution in [2.45, 2.75) is 0 Å². The molecule has 3 aromatic heterocycles. The minimum Gasteiger partial charge on any atom is -0.354 e. The van der Waals surface area contributed by atoms with Crippen molar-refractivity contribution in [1.82, 2.24) is 9.97 Å². The molecule has 30 heavy (non-hydrogen) atoms. The molecule has 0 atom stereocenters. The standard InChI is InChI=1S/C22H14N4O2S2/c27-26(28)15-10-8-14(9-11-15)23-16-4-1-5-17-20(16)25-22(19-7-3-13-30-19)21(24-17)18-6-2-12-29-18/h1-13,23H. The third-order valence-electron chi connectivity index (χ3n) is 4.56. The summed E-state index contributed by atoms with van der Waals surface area (Å²) in [5.74, 6) is 0. The van der Waals surface area contributed by atoms with Gasteiger partial charge in [-0.1, -0.05) is 18.2 Å². The second kappa shape index (κ2) is 7.66. The first-order chi connectivity index (χ1) is 14.7. The number of nitrogens with one attached hydrogen (secondary N) is 1. The van der Waals surface area contributed by atoms with Gasteiger partial charge in [0.05, 0.1) is 25.9 Å². The van der Waals surface area contributed by atoms with Gasteiger partial charge in [-0.15, -0.1) is 22.7 Å². The summed E-state index contributed by atoms with van der Waals surface area (Å²) in [6.45, 7) is 0. The second-order valence-corrected chi connectivity index (χ2v) is 8.37. The summed E-state index contributed by atoms with van der Waals surface area (Å²) < 4.78 is 0. The van der Waals surface area contributed by atoms with Gasteiger partial charge in [-0.3, -0.25) is 10.1 Å². The highest BCUT2D eigenvalue weighted by Crippen LogP contribution is 2.37. The lowest BCUT2D eigenvalue weighted by molar-refractivity contribution is -0.384. The van der Waals surface area contributed by atoms with Gasteiger partial charge in [0, 0.05) is 17.8 Å². The van der Waals surface area contributed by atoms with E-state index in [1.807, 2.05) is 47.2 Å². The molecule has 8 heteroatoms. The molecule has 5 aromatic rings. The number of anilines is 2. The summed E-state index contributed by atoms with van der Waals surface area (Å²) in [4.78, 5) is 22.5. The molecule has 0 unspecified atom stereocenters. The van der Waals surface area contributed by atoms with Gasteiger partial charge >= 0.3 is 0 Å². The molecule has 0 saturated carbocycles. The minimum atomic E-state index is -0.410. The third-order valence-corrected chi connectivity index (χ3v) is 6.31. The van der Waals surface area contributed by atoms with Crippen molar-refractivity contribution < 1.29 is 4.92 Å². The molecule has 0 aliphatic heterocycles. The van der Waals surface area contributed by atoms with Gasteiger partial charge in [0.2, 0.25) is 0 Å². The van der Waals surface area contributed by atoms with Crippen LogP contribution in [0.3, 0.4) is 0 Å². The molecule has 0 amide bonds. The molecule has 3 heterocycles. The van der Waals surface area contributed by atoms with Crippen LogP contribution in [-0.2, 0) is 0 Å². The molecule has 0 fully saturated rings. The van der Waals surface area contributed by atoms with E-state index in [4.69, 9.17) is 9.97 Å². The van der Waals surface area contributed by atoms with Gasteiger partial charge in [0.1, 0.15) is 16.9 Å². The number of hydrogen-bond donors (Lipinski definition) is 1. The number of hydrogen-bond acceptors (Lipinski definition) is 7. The number of fused-ring (bicyclic) bond motifs is 1. The Morgan fingerprint density at radius 2 is 1.47 bits per heavy atom. The number of non-ortho nitro benzene ring substituents is 1. The number of para-hydroxylation sites is 1. The summed E-state index contributed by atoms with van der Waals surface area (Å²) in [7, 11) is 0. The van der Waals surface area contributed by atoms with Crippen molar-refractivity contribution in [2.75, 3.05) is 5.32 Å². The molecule has 0 bridgehead atoms. The highest BCUT2D eigenvalue weighted by molar-refractivity contribution is 7.14. The highest BCUT2D eigenvalue weighted by atomic mass is 32.1. The maximum absolute atomic E-state index is 10.9. The van der Waals surface area contributed by atoms with E-state index in [1.165, 1.54) is 12.1 Å². The van der Waals surface area contributed by atoms with Gasteiger partial charge in [-0.25, -0.2) is 9.97 Å². The van der Waals surface area contributed by atoms with Gasteiger partial charge in [-0.2, -0.15) is 0 Å². The van der Waals surface area contributed by atoms with E-state index in [0.29, 0.717) is 0 Å². The summed E-state index contributed by atoms with van der Waals surface area (Å²) in [5, 5.41) is 18.3. The van der Waals surface area contributed by atoms with Crippen molar-refractivity contribution in [3.63, 3.8) is 0 Å². The van der Waals surface area contributed by atoms with E-state index in [9.17, 15) is 10.1 Å². The van der Waals surface area contributed by atoms with Gasteiger partial charge in [-0.05, 0) is 47.2 Å². The SMILES string of the molecule is O=[N+]([O-])c1ccc(Nc2cccc3nc(-c4cccs4)c(-c4cccs4)nc23)cc1. The van der Waals surface area contributed by atoms with E-state index >= 15 is 0 Å². The zero-order valence-electron chi connectivity index (χ0n) is 15.5. The first-order valence-electron chi connectivity index (χ1n) is 9.09. The maximum atomic E-state index is 10.9. The van der Waals surface area contributed by atoms with Crippen molar-refractivity contribution >= 4 is 50.8 Å². The molecule has 6 nitrogen and oxygen atoms in total. The Bertz CT molecular complexity index is 1330. The Labute approximate surface area is 179 Å². The molecular weight excluding hydrogens is 416 g/mol. The fourth-order valence-electron chi connectivity index (χ4n) is 3.17. The second-order valence-electron chi connectivity index (χ2n) is 6.48.